The molecule has 0 saturated heterocycles. The van der Waals surface area contributed by atoms with Crippen molar-refractivity contribution in [1.82, 2.24) is 0 Å². The minimum absolute atomic E-state index is 0.127. The lowest BCUT2D eigenvalue weighted by Crippen LogP contribution is -2.26. The minimum Gasteiger partial charge on any atom is -0.492 e. The molecule has 0 aromatic heterocycles. The fourth-order valence-electron chi connectivity index (χ4n) is 1.37. The fraction of sp³-hybridized carbons (Fsp3) is 0.571. The smallest absolute Gasteiger partial charge is 0.119 e. The Labute approximate surface area is 98.8 Å². The highest BCUT2D eigenvalue weighted by Gasteiger charge is 2.12. The average Bonchev–Trinajstić information content (AvgIpc) is 2.25. The van der Waals surface area contributed by atoms with Crippen LogP contribution in [-0.2, 0) is 5.41 Å². The highest BCUT2D eigenvalue weighted by molar-refractivity contribution is 5.31. The molecule has 0 aliphatic carbocycles. The standard InChI is InChI=1S/C14H23NO/c1-5-12(15)10-16-13-8-6-11(7-9-13)14(2,3)4/h6-9,12H,5,10,15H2,1-4H3/t12-/m0/s1. The Balaban J connectivity index is 2.58. The van der Waals surface area contributed by atoms with Crippen molar-refractivity contribution in [3.8, 4) is 5.75 Å². The van der Waals surface area contributed by atoms with E-state index in [2.05, 4.69) is 39.8 Å². The predicted molar refractivity (Wildman–Crippen MR) is 68.9 cm³/mol. The Morgan fingerprint density at radius 1 is 1.19 bits per heavy atom. The third kappa shape index (κ3) is 3.86. The lowest BCUT2D eigenvalue weighted by molar-refractivity contribution is 0.285. The van der Waals surface area contributed by atoms with Crippen LogP contribution in [0.1, 0.15) is 39.7 Å². The minimum atomic E-state index is 0.127. The van der Waals surface area contributed by atoms with Crippen LogP contribution in [0.2, 0.25) is 0 Å². The van der Waals surface area contributed by atoms with Crippen molar-refractivity contribution in [2.24, 2.45) is 5.73 Å². The maximum absolute atomic E-state index is 5.79. The zero-order valence-corrected chi connectivity index (χ0v) is 10.8. The van der Waals surface area contributed by atoms with Crippen LogP contribution in [0.3, 0.4) is 0 Å². The second-order valence-corrected chi connectivity index (χ2v) is 5.25. The van der Waals surface area contributed by atoms with E-state index in [4.69, 9.17) is 10.5 Å². The molecule has 1 rings (SSSR count). The van der Waals surface area contributed by atoms with Gasteiger partial charge in [-0.15, -0.1) is 0 Å². The Morgan fingerprint density at radius 2 is 1.75 bits per heavy atom. The SMILES string of the molecule is CC[C@H](N)COc1ccc(C(C)(C)C)cc1. The van der Waals surface area contributed by atoms with Crippen LogP contribution in [0.25, 0.3) is 0 Å². The van der Waals surface area contributed by atoms with Crippen LogP contribution in [0, 0.1) is 0 Å². The molecule has 1 aromatic rings. The molecule has 0 radical (unpaired) electrons. The Hall–Kier alpha value is -1.02. The van der Waals surface area contributed by atoms with Crippen LogP contribution in [0.5, 0.6) is 5.75 Å². The van der Waals surface area contributed by atoms with E-state index in [0.29, 0.717) is 6.61 Å². The second-order valence-electron chi connectivity index (χ2n) is 5.25. The van der Waals surface area contributed by atoms with Crippen molar-refractivity contribution in [2.75, 3.05) is 6.61 Å². The zero-order valence-electron chi connectivity index (χ0n) is 10.8. The van der Waals surface area contributed by atoms with Crippen molar-refractivity contribution >= 4 is 0 Å². The summed E-state index contributed by atoms with van der Waals surface area (Å²) in [6.07, 6.45) is 0.945. The molecule has 1 atom stereocenters. The summed E-state index contributed by atoms with van der Waals surface area (Å²) in [6, 6.07) is 8.40. The molecule has 0 bridgehead atoms. The van der Waals surface area contributed by atoms with Crippen LogP contribution in [0.15, 0.2) is 24.3 Å². The van der Waals surface area contributed by atoms with Gasteiger partial charge in [0.1, 0.15) is 12.4 Å². The van der Waals surface area contributed by atoms with Gasteiger partial charge in [-0.3, -0.25) is 0 Å². The fourth-order valence-corrected chi connectivity index (χ4v) is 1.37. The molecule has 16 heavy (non-hydrogen) atoms. The average molecular weight is 221 g/mol. The van der Waals surface area contributed by atoms with Crippen molar-refractivity contribution in [2.45, 2.75) is 45.6 Å². The van der Waals surface area contributed by atoms with E-state index in [1.807, 2.05) is 12.1 Å². The van der Waals surface area contributed by atoms with Gasteiger partial charge >= 0.3 is 0 Å². The van der Waals surface area contributed by atoms with E-state index in [9.17, 15) is 0 Å². The molecule has 1 aromatic carbocycles. The van der Waals surface area contributed by atoms with Crippen LogP contribution in [-0.4, -0.2) is 12.6 Å². The summed E-state index contributed by atoms with van der Waals surface area (Å²) >= 11 is 0. The zero-order chi connectivity index (χ0) is 12.2. The van der Waals surface area contributed by atoms with Gasteiger partial charge in [0, 0.05) is 6.04 Å². The second kappa shape index (κ2) is 5.35. The lowest BCUT2D eigenvalue weighted by atomic mass is 9.87. The Morgan fingerprint density at radius 3 is 2.19 bits per heavy atom. The molecule has 0 spiro atoms. The quantitative estimate of drug-likeness (QED) is 0.848. The third-order valence-electron chi connectivity index (χ3n) is 2.71. The first-order valence-corrected chi connectivity index (χ1v) is 5.92. The number of benzene rings is 1. The Kier molecular flexibility index (Phi) is 4.36. The predicted octanol–water partition coefficient (Wildman–Crippen LogP) is 3.10. The maximum Gasteiger partial charge on any atom is 0.119 e. The lowest BCUT2D eigenvalue weighted by Gasteiger charge is -2.19. The number of ether oxygens (including phenoxy) is 1. The molecular weight excluding hydrogens is 198 g/mol. The van der Waals surface area contributed by atoms with Crippen molar-refractivity contribution in [3.63, 3.8) is 0 Å². The third-order valence-corrected chi connectivity index (χ3v) is 2.71. The monoisotopic (exact) mass is 221 g/mol. The van der Waals surface area contributed by atoms with Crippen LogP contribution >= 0.6 is 0 Å². The van der Waals surface area contributed by atoms with Gasteiger partial charge in [0.2, 0.25) is 0 Å². The summed E-state index contributed by atoms with van der Waals surface area (Å²) in [7, 11) is 0. The summed E-state index contributed by atoms with van der Waals surface area (Å²) in [4.78, 5) is 0. The molecule has 0 fully saturated rings. The van der Waals surface area contributed by atoms with Gasteiger partial charge in [-0.1, -0.05) is 39.8 Å². The first-order chi connectivity index (χ1) is 7.43. The van der Waals surface area contributed by atoms with Gasteiger partial charge in [0.25, 0.3) is 0 Å². The largest absolute Gasteiger partial charge is 0.492 e. The normalized spacial score (nSPS) is 13.6. The van der Waals surface area contributed by atoms with Crippen LogP contribution in [0.4, 0.5) is 0 Å². The molecule has 2 heteroatoms. The number of nitrogens with two attached hydrogens (primary N) is 1. The van der Waals surface area contributed by atoms with E-state index in [-0.39, 0.29) is 11.5 Å². The Bertz CT molecular complexity index is 311. The number of hydrogen-bond donors (Lipinski definition) is 1. The van der Waals surface area contributed by atoms with E-state index in [1.54, 1.807) is 0 Å². The maximum atomic E-state index is 5.79. The van der Waals surface area contributed by atoms with E-state index >= 15 is 0 Å². The van der Waals surface area contributed by atoms with Gasteiger partial charge < -0.3 is 10.5 Å². The molecule has 2 nitrogen and oxygen atoms in total. The van der Waals surface area contributed by atoms with E-state index in [1.165, 1.54) is 5.56 Å². The van der Waals surface area contributed by atoms with Crippen LogP contribution < -0.4 is 10.5 Å². The summed E-state index contributed by atoms with van der Waals surface area (Å²) in [5.74, 6) is 0.900. The summed E-state index contributed by atoms with van der Waals surface area (Å²) in [6.45, 7) is 9.27. The first-order valence-electron chi connectivity index (χ1n) is 5.92. The van der Waals surface area contributed by atoms with Crippen molar-refractivity contribution in [3.05, 3.63) is 29.8 Å². The van der Waals surface area contributed by atoms with Gasteiger partial charge in [-0.05, 0) is 29.5 Å². The molecular formula is C14H23NO. The van der Waals surface area contributed by atoms with E-state index < -0.39 is 0 Å². The summed E-state index contributed by atoms with van der Waals surface area (Å²) in [5, 5.41) is 0. The number of hydrogen-bond acceptors (Lipinski definition) is 2. The molecule has 0 unspecified atom stereocenters. The van der Waals surface area contributed by atoms with Gasteiger partial charge in [-0.25, -0.2) is 0 Å². The van der Waals surface area contributed by atoms with Gasteiger partial charge in [0.15, 0.2) is 0 Å². The molecule has 0 amide bonds. The molecule has 2 N–H and O–H groups in total. The van der Waals surface area contributed by atoms with Crippen molar-refractivity contribution < 1.29 is 4.74 Å². The molecule has 0 heterocycles. The molecule has 0 aliphatic heterocycles. The summed E-state index contributed by atoms with van der Waals surface area (Å²) in [5.41, 5.74) is 7.31. The summed E-state index contributed by atoms with van der Waals surface area (Å²) < 4.78 is 5.60. The molecule has 0 saturated carbocycles. The van der Waals surface area contributed by atoms with Crippen molar-refractivity contribution in [1.29, 1.82) is 0 Å². The first kappa shape index (κ1) is 13.0. The molecule has 0 aliphatic rings. The van der Waals surface area contributed by atoms with Gasteiger partial charge in [0.05, 0.1) is 0 Å². The molecule has 90 valence electrons. The number of rotatable bonds is 4. The highest BCUT2D eigenvalue weighted by Crippen LogP contribution is 2.24. The van der Waals surface area contributed by atoms with Gasteiger partial charge in [-0.2, -0.15) is 0 Å². The van der Waals surface area contributed by atoms with E-state index in [0.717, 1.165) is 12.2 Å². The topological polar surface area (TPSA) is 35.2 Å². The highest BCUT2D eigenvalue weighted by atomic mass is 16.5.